The number of hydrogen-bond donors (Lipinski definition) is 2. The molecule has 0 aromatic heterocycles. The average molecular weight is 312 g/mol. The zero-order chi connectivity index (χ0) is 16.3. The predicted molar refractivity (Wildman–Crippen MR) is 75.2 cm³/mol. The number of nitrogens with zero attached hydrogens (tertiary/aromatic N) is 1. The van der Waals surface area contributed by atoms with Gasteiger partial charge in [-0.25, -0.2) is 13.6 Å². The number of carbonyl (C=O) groups is 2. The molecule has 0 aliphatic carbocycles. The first-order valence-electron chi connectivity index (χ1n) is 7.15. The van der Waals surface area contributed by atoms with Gasteiger partial charge in [0.05, 0.1) is 12.0 Å². The van der Waals surface area contributed by atoms with Crippen molar-refractivity contribution >= 4 is 12.0 Å². The van der Waals surface area contributed by atoms with Crippen LogP contribution in [0, 0.1) is 17.6 Å². The number of rotatable bonds is 4. The van der Waals surface area contributed by atoms with Crippen molar-refractivity contribution in [2.45, 2.75) is 25.8 Å². The number of carboxylic acid groups (broad SMARTS) is 1. The lowest BCUT2D eigenvalue weighted by Crippen LogP contribution is -2.40. The molecule has 2 amide bonds. The molecule has 120 valence electrons. The van der Waals surface area contributed by atoms with Crippen molar-refractivity contribution in [1.82, 2.24) is 10.2 Å². The normalized spacial score (nSPS) is 19.0. The Hall–Kier alpha value is -2.18. The summed E-state index contributed by atoms with van der Waals surface area (Å²) in [7, 11) is 0. The lowest BCUT2D eigenvalue weighted by molar-refractivity contribution is -0.141. The number of aliphatic carboxylic acids is 1. The fraction of sp³-hybridized carbons (Fsp3) is 0.467. The number of nitrogens with one attached hydrogen (secondary N) is 1. The van der Waals surface area contributed by atoms with Gasteiger partial charge in [0.25, 0.3) is 0 Å². The maximum atomic E-state index is 13.8. The monoisotopic (exact) mass is 312 g/mol. The van der Waals surface area contributed by atoms with E-state index >= 15 is 0 Å². The van der Waals surface area contributed by atoms with Gasteiger partial charge in [-0.2, -0.15) is 0 Å². The summed E-state index contributed by atoms with van der Waals surface area (Å²) in [6.45, 7) is 2.22. The topological polar surface area (TPSA) is 69.6 Å². The number of carboxylic acids is 1. The van der Waals surface area contributed by atoms with E-state index < -0.39 is 35.6 Å². The quantitative estimate of drug-likeness (QED) is 0.897. The Labute approximate surface area is 126 Å². The maximum Gasteiger partial charge on any atom is 0.317 e. The molecule has 22 heavy (non-hydrogen) atoms. The van der Waals surface area contributed by atoms with Crippen molar-refractivity contribution in [3.05, 3.63) is 35.4 Å². The average Bonchev–Trinajstić information content (AvgIpc) is 2.97. The van der Waals surface area contributed by atoms with E-state index in [-0.39, 0.29) is 12.1 Å². The van der Waals surface area contributed by atoms with E-state index in [1.54, 1.807) is 6.92 Å². The van der Waals surface area contributed by atoms with Gasteiger partial charge in [-0.15, -0.1) is 0 Å². The van der Waals surface area contributed by atoms with Gasteiger partial charge in [-0.05, 0) is 31.0 Å². The van der Waals surface area contributed by atoms with Gasteiger partial charge >= 0.3 is 12.0 Å². The van der Waals surface area contributed by atoms with Gasteiger partial charge in [0.2, 0.25) is 0 Å². The van der Waals surface area contributed by atoms with Crippen LogP contribution in [0.5, 0.6) is 0 Å². The van der Waals surface area contributed by atoms with Gasteiger partial charge in [0, 0.05) is 18.7 Å². The van der Waals surface area contributed by atoms with E-state index in [2.05, 4.69) is 5.32 Å². The molecule has 0 spiro atoms. The summed E-state index contributed by atoms with van der Waals surface area (Å²) >= 11 is 0. The second-order valence-electron chi connectivity index (χ2n) is 5.35. The Bertz CT molecular complexity index is 580. The first-order valence-corrected chi connectivity index (χ1v) is 7.15. The second kappa shape index (κ2) is 6.72. The highest BCUT2D eigenvalue weighted by atomic mass is 19.1. The third-order valence-electron chi connectivity index (χ3n) is 3.86. The first-order chi connectivity index (χ1) is 10.4. The van der Waals surface area contributed by atoms with Crippen LogP contribution in [0.3, 0.4) is 0 Å². The van der Waals surface area contributed by atoms with Gasteiger partial charge in [0.15, 0.2) is 0 Å². The van der Waals surface area contributed by atoms with Gasteiger partial charge < -0.3 is 15.3 Å². The number of halogens is 2. The largest absolute Gasteiger partial charge is 0.481 e. The van der Waals surface area contributed by atoms with Gasteiger partial charge in [0.1, 0.15) is 11.6 Å². The summed E-state index contributed by atoms with van der Waals surface area (Å²) in [5, 5.41) is 11.6. The third-order valence-corrected chi connectivity index (χ3v) is 3.86. The molecule has 0 bridgehead atoms. The number of benzene rings is 1. The summed E-state index contributed by atoms with van der Waals surface area (Å²) in [5.74, 6) is -2.66. The van der Waals surface area contributed by atoms with Crippen LogP contribution in [0.25, 0.3) is 0 Å². The highest BCUT2D eigenvalue weighted by molar-refractivity contribution is 5.77. The van der Waals surface area contributed by atoms with Crippen molar-refractivity contribution in [2.75, 3.05) is 13.1 Å². The minimum Gasteiger partial charge on any atom is -0.481 e. The third kappa shape index (κ3) is 3.52. The van der Waals surface area contributed by atoms with Crippen molar-refractivity contribution in [2.24, 2.45) is 5.92 Å². The summed E-state index contributed by atoms with van der Waals surface area (Å²) < 4.78 is 27.1. The van der Waals surface area contributed by atoms with Crippen molar-refractivity contribution in [1.29, 1.82) is 0 Å². The van der Waals surface area contributed by atoms with E-state index in [1.165, 1.54) is 4.90 Å². The Morgan fingerprint density at radius 3 is 2.77 bits per heavy atom. The smallest absolute Gasteiger partial charge is 0.317 e. The van der Waals surface area contributed by atoms with Gasteiger partial charge in [-0.1, -0.05) is 6.92 Å². The summed E-state index contributed by atoms with van der Waals surface area (Å²) in [6, 6.07) is 1.99. The molecule has 0 radical (unpaired) electrons. The van der Waals surface area contributed by atoms with Crippen molar-refractivity contribution < 1.29 is 23.5 Å². The van der Waals surface area contributed by atoms with Crippen LogP contribution in [0.1, 0.15) is 31.4 Å². The molecule has 7 heteroatoms. The van der Waals surface area contributed by atoms with Crippen LogP contribution in [-0.4, -0.2) is 35.1 Å². The molecule has 1 aliphatic rings. The molecule has 1 saturated heterocycles. The van der Waals surface area contributed by atoms with E-state index in [1.807, 2.05) is 0 Å². The Morgan fingerprint density at radius 1 is 1.45 bits per heavy atom. The van der Waals surface area contributed by atoms with Gasteiger partial charge in [-0.3, -0.25) is 4.79 Å². The van der Waals surface area contributed by atoms with Crippen LogP contribution in [0.2, 0.25) is 0 Å². The lowest BCUT2D eigenvalue weighted by Gasteiger charge is -2.23. The number of likely N-dealkylation sites (tertiary alicyclic amines) is 1. The molecule has 1 aliphatic heterocycles. The number of carbonyl (C=O) groups excluding carboxylic acids is 1. The van der Waals surface area contributed by atoms with Crippen LogP contribution in [0.15, 0.2) is 18.2 Å². The molecular formula is C15H18F2N2O3. The van der Waals surface area contributed by atoms with Crippen molar-refractivity contribution in [3.8, 4) is 0 Å². The molecule has 1 aromatic rings. The molecule has 1 aromatic carbocycles. The minimum absolute atomic E-state index is 0.0878. The first kappa shape index (κ1) is 16.2. The molecule has 1 heterocycles. The molecule has 2 rings (SSSR count). The van der Waals surface area contributed by atoms with Crippen LogP contribution < -0.4 is 5.32 Å². The number of hydrogen-bond acceptors (Lipinski definition) is 2. The molecule has 5 nitrogen and oxygen atoms in total. The number of amides is 2. The second-order valence-corrected chi connectivity index (χ2v) is 5.35. The SMILES string of the molecule is CCC(NC(=O)N1CCC(C(=O)O)C1)c1cc(F)ccc1F. The fourth-order valence-corrected chi connectivity index (χ4v) is 2.57. The lowest BCUT2D eigenvalue weighted by atomic mass is 10.0. The van der Waals surface area contributed by atoms with E-state index in [0.717, 1.165) is 18.2 Å². The predicted octanol–water partition coefficient (Wildman–Crippen LogP) is 2.53. The zero-order valence-corrected chi connectivity index (χ0v) is 12.2. The van der Waals surface area contributed by atoms with E-state index in [9.17, 15) is 18.4 Å². The highest BCUT2D eigenvalue weighted by Crippen LogP contribution is 2.23. The Kier molecular flexibility index (Phi) is 4.95. The Balaban J connectivity index is 2.06. The summed E-state index contributed by atoms with van der Waals surface area (Å²) in [4.78, 5) is 24.4. The number of urea groups is 1. The Morgan fingerprint density at radius 2 is 2.18 bits per heavy atom. The van der Waals surface area contributed by atoms with E-state index in [4.69, 9.17) is 5.11 Å². The zero-order valence-electron chi connectivity index (χ0n) is 12.2. The minimum atomic E-state index is -0.932. The fourth-order valence-electron chi connectivity index (χ4n) is 2.57. The van der Waals surface area contributed by atoms with E-state index in [0.29, 0.717) is 19.4 Å². The highest BCUT2D eigenvalue weighted by Gasteiger charge is 2.31. The molecule has 0 saturated carbocycles. The maximum absolute atomic E-state index is 13.8. The van der Waals surface area contributed by atoms with Crippen LogP contribution in [-0.2, 0) is 4.79 Å². The molecule has 2 N–H and O–H groups in total. The molecular weight excluding hydrogens is 294 g/mol. The standard InChI is InChI=1S/C15H18F2N2O3/c1-2-13(11-7-10(16)3-4-12(11)17)18-15(22)19-6-5-9(8-19)14(20)21/h3-4,7,9,13H,2,5-6,8H2,1H3,(H,18,22)(H,20,21). The molecule has 2 atom stereocenters. The van der Waals surface area contributed by atoms with Crippen LogP contribution in [0.4, 0.5) is 13.6 Å². The van der Waals surface area contributed by atoms with Crippen LogP contribution >= 0.6 is 0 Å². The molecule has 1 fully saturated rings. The molecule has 2 unspecified atom stereocenters. The summed E-state index contributed by atoms with van der Waals surface area (Å²) in [6.07, 6.45) is 0.788. The summed E-state index contributed by atoms with van der Waals surface area (Å²) in [5.41, 5.74) is 0.0878. The van der Waals surface area contributed by atoms with Crippen molar-refractivity contribution in [3.63, 3.8) is 0 Å².